The van der Waals surface area contributed by atoms with Crippen LogP contribution in [-0.2, 0) is 22.6 Å². The van der Waals surface area contributed by atoms with Gasteiger partial charge in [0.05, 0.1) is 6.42 Å². The van der Waals surface area contributed by atoms with Crippen LogP contribution in [0, 0.1) is 0 Å². The highest BCUT2D eigenvalue weighted by Gasteiger charge is 2.26. The fourth-order valence-electron chi connectivity index (χ4n) is 2.60. The minimum Gasteiger partial charge on any atom is -0.355 e. The maximum atomic E-state index is 13.0. The standard InChI is InChI=1S/C20H22BrClN2O2/c1-3-23-20(26)14(2)24(13-15-8-10-17(21)11-9-15)19(25)12-16-6-4-5-7-18(16)22/h4-11,14H,3,12-13H2,1-2H3,(H,23,26)/t14-/m0/s1. The van der Waals surface area contributed by atoms with E-state index in [1.54, 1.807) is 17.9 Å². The van der Waals surface area contributed by atoms with Crippen molar-refractivity contribution in [1.82, 2.24) is 10.2 Å². The van der Waals surface area contributed by atoms with Crippen LogP contribution in [0.4, 0.5) is 0 Å². The van der Waals surface area contributed by atoms with E-state index in [2.05, 4.69) is 21.2 Å². The van der Waals surface area contributed by atoms with Crippen LogP contribution in [0.5, 0.6) is 0 Å². The second-order valence-electron chi connectivity index (χ2n) is 5.99. The molecule has 4 nitrogen and oxygen atoms in total. The summed E-state index contributed by atoms with van der Waals surface area (Å²) in [7, 11) is 0. The van der Waals surface area contributed by atoms with Crippen molar-refractivity contribution >= 4 is 39.3 Å². The van der Waals surface area contributed by atoms with E-state index < -0.39 is 6.04 Å². The topological polar surface area (TPSA) is 49.4 Å². The van der Waals surface area contributed by atoms with Crippen LogP contribution >= 0.6 is 27.5 Å². The number of hydrogen-bond donors (Lipinski definition) is 1. The molecule has 0 fully saturated rings. The highest BCUT2D eigenvalue weighted by atomic mass is 79.9. The Morgan fingerprint density at radius 3 is 2.42 bits per heavy atom. The monoisotopic (exact) mass is 436 g/mol. The van der Waals surface area contributed by atoms with E-state index in [9.17, 15) is 9.59 Å². The van der Waals surface area contributed by atoms with Crippen LogP contribution in [0.3, 0.4) is 0 Å². The van der Waals surface area contributed by atoms with Gasteiger partial charge in [0, 0.05) is 22.6 Å². The van der Waals surface area contributed by atoms with E-state index in [0.717, 1.165) is 15.6 Å². The molecule has 2 rings (SSSR count). The smallest absolute Gasteiger partial charge is 0.242 e. The summed E-state index contributed by atoms with van der Waals surface area (Å²) in [4.78, 5) is 26.9. The van der Waals surface area contributed by atoms with Crippen LogP contribution in [-0.4, -0.2) is 29.3 Å². The van der Waals surface area contributed by atoms with Crippen molar-refractivity contribution in [3.05, 3.63) is 69.2 Å². The Balaban J connectivity index is 2.23. The molecule has 0 aliphatic heterocycles. The molecule has 138 valence electrons. The molecule has 0 spiro atoms. The van der Waals surface area contributed by atoms with Crippen molar-refractivity contribution < 1.29 is 9.59 Å². The first-order valence-electron chi connectivity index (χ1n) is 8.47. The van der Waals surface area contributed by atoms with Crippen LogP contribution in [0.1, 0.15) is 25.0 Å². The van der Waals surface area contributed by atoms with Gasteiger partial charge in [-0.2, -0.15) is 0 Å². The molecule has 0 unspecified atom stereocenters. The summed E-state index contributed by atoms with van der Waals surface area (Å²) in [5, 5.41) is 3.34. The Morgan fingerprint density at radius 1 is 1.15 bits per heavy atom. The second kappa shape index (κ2) is 9.74. The lowest BCUT2D eigenvalue weighted by atomic mass is 10.1. The lowest BCUT2D eigenvalue weighted by Gasteiger charge is -2.29. The molecule has 0 aliphatic rings. The van der Waals surface area contributed by atoms with Crippen LogP contribution in [0.2, 0.25) is 5.02 Å². The van der Waals surface area contributed by atoms with E-state index >= 15 is 0 Å². The zero-order valence-electron chi connectivity index (χ0n) is 14.8. The molecule has 2 amide bonds. The molecule has 2 aromatic rings. The van der Waals surface area contributed by atoms with E-state index in [4.69, 9.17) is 11.6 Å². The maximum absolute atomic E-state index is 13.0. The number of rotatable bonds is 7. The molecule has 0 heterocycles. The van der Waals surface area contributed by atoms with Crippen molar-refractivity contribution in [3.63, 3.8) is 0 Å². The lowest BCUT2D eigenvalue weighted by molar-refractivity contribution is -0.140. The van der Waals surface area contributed by atoms with Gasteiger partial charge in [0.1, 0.15) is 6.04 Å². The van der Waals surface area contributed by atoms with Gasteiger partial charge < -0.3 is 10.2 Å². The Morgan fingerprint density at radius 2 is 1.81 bits per heavy atom. The number of hydrogen-bond acceptors (Lipinski definition) is 2. The lowest BCUT2D eigenvalue weighted by Crippen LogP contribution is -2.48. The summed E-state index contributed by atoms with van der Waals surface area (Å²) >= 11 is 9.59. The molecule has 26 heavy (non-hydrogen) atoms. The fraction of sp³-hybridized carbons (Fsp3) is 0.300. The van der Waals surface area contributed by atoms with E-state index in [1.165, 1.54) is 0 Å². The van der Waals surface area contributed by atoms with Gasteiger partial charge in [0.2, 0.25) is 11.8 Å². The molecule has 1 N–H and O–H groups in total. The first-order valence-corrected chi connectivity index (χ1v) is 9.64. The van der Waals surface area contributed by atoms with Crippen LogP contribution in [0.15, 0.2) is 53.0 Å². The number of likely N-dealkylation sites (N-methyl/N-ethyl adjacent to an activating group) is 1. The molecular weight excluding hydrogens is 416 g/mol. The molecule has 0 aliphatic carbocycles. The highest BCUT2D eigenvalue weighted by Crippen LogP contribution is 2.19. The number of nitrogens with one attached hydrogen (secondary N) is 1. The molecule has 2 aromatic carbocycles. The zero-order valence-corrected chi connectivity index (χ0v) is 17.2. The van der Waals surface area contributed by atoms with Gasteiger partial charge in [-0.3, -0.25) is 9.59 Å². The van der Waals surface area contributed by atoms with Crippen LogP contribution in [0.25, 0.3) is 0 Å². The third kappa shape index (κ3) is 5.58. The average molecular weight is 438 g/mol. The first-order chi connectivity index (χ1) is 12.4. The summed E-state index contributed by atoms with van der Waals surface area (Å²) in [6.07, 6.45) is 0.153. The van der Waals surface area contributed by atoms with Gasteiger partial charge in [-0.1, -0.05) is 57.9 Å². The van der Waals surface area contributed by atoms with Gasteiger partial charge in [-0.15, -0.1) is 0 Å². The minimum atomic E-state index is -0.575. The Bertz CT molecular complexity index is 765. The fourth-order valence-corrected chi connectivity index (χ4v) is 3.06. The average Bonchev–Trinajstić information content (AvgIpc) is 2.62. The van der Waals surface area contributed by atoms with Gasteiger partial charge in [-0.05, 0) is 43.2 Å². The molecule has 0 radical (unpaired) electrons. The second-order valence-corrected chi connectivity index (χ2v) is 7.31. The number of carbonyl (C=O) groups is 2. The Hall–Kier alpha value is -1.85. The number of carbonyl (C=O) groups excluding carboxylic acids is 2. The van der Waals surface area contributed by atoms with E-state index in [-0.39, 0.29) is 18.2 Å². The highest BCUT2D eigenvalue weighted by molar-refractivity contribution is 9.10. The summed E-state index contributed by atoms with van der Waals surface area (Å²) in [5.41, 5.74) is 1.71. The first kappa shape index (κ1) is 20.5. The molecule has 0 saturated carbocycles. The molecule has 0 bridgehead atoms. The predicted molar refractivity (Wildman–Crippen MR) is 108 cm³/mol. The quantitative estimate of drug-likeness (QED) is 0.706. The molecule has 0 aromatic heterocycles. The van der Waals surface area contributed by atoms with Gasteiger partial charge >= 0.3 is 0 Å². The zero-order chi connectivity index (χ0) is 19.1. The van der Waals surface area contributed by atoms with Crippen molar-refractivity contribution in [2.24, 2.45) is 0 Å². The third-order valence-corrected chi connectivity index (χ3v) is 4.98. The summed E-state index contributed by atoms with van der Waals surface area (Å²) in [6.45, 7) is 4.48. The SMILES string of the molecule is CCNC(=O)[C@H](C)N(Cc1ccc(Br)cc1)C(=O)Cc1ccccc1Cl. The molecule has 0 saturated heterocycles. The summed E-state index contributed by atoms with van der Waals surface area (Å²) in [5.74, 6) is -0.308. The van der Waals surface area contributed by atoms with Crippen molar-refractivity contribution in [2.75, 3.05) is 6.54 Å². The summed E-state index contributed by atoms with van der Waals surface area (Å²) in [6, 6.07) is 14.4. The van der Waals surface area contributed by atoms with Crippen molar-refractivity contribution in [1.29, 1.82) is 0 Å². The Kier molecular flexibility index (Phi) is 7.66. The number of amides is 2. The van der Waals surface area contributed by atoms with Crippen molar-refractivity contribution in [2.45, 2.75) is 32.9 Å². The maximum Gasteiger partial charge on any atom is 0.242 e. The van der Waals surface area contributed by atoms with E-state index in [1.807, 2.05) is 49.4 Å². The van der Waals surface area contributed by atoms with Gasteiger partial charge in [-0.25, -0.2) is 0 Å². The van der Waals surface area contributed by atoms with Gasteiger partial charge in [0.15, 0.2) is 0 Å². The predicted octanol–water partition coefficient (Wildman–Crippen LogP) is 4.20. The van der Waals surface area contributed by atoms with Gasteiger partial charge in [0.25, 0.3) is 0 Å². The van der Waals surface area contributed by atoms with E-state index in [0.29, 0.717) is 18.1 Å². The molecule has 6 heteroatoms. The normalized spacial score (nSPS) is 11.7. The minimum absolute atomic E-state index is 0.139. The van der Waals surface area contributed by atoms with Crippen LogP contribution < -0.4 is 5.32 Å². The Labute approximate surface area is 167 Å². The molecular formula is C20H22BrClN2O2. The molecule has 1 atom stereocenters. The number of benzene rings is 2. The van der Waals surface area contributed by atoms with Crippen molar-refractivity contribution in [3.8, 4) is 0 Å². The number of halogens is 2. The third-order valence-electron chi connectivity index (χ3n) is 4.08. The largest absolute Gasteiger partial charge is 0.355 e. The summed E-state index contributed by atoms with van der Waals surface area (Å²) < 4.78 is 0.965. The number of nitrogens with zero attached hydrogens (tertiary/aromatic N) is 1.